The smallest absolute Gasteiger partial charge is 0.409 e. The molecule has 182 valence electrons. The van der Waals surface area contributed by atoms with Gasteiger partial charge in [-0.2, -0.15) is 8.42 Å². The number of nitrogens with one attached hydrogen (secondary N) is 1. The predicted octanol–water partition coefficient (Wildman–Crippen LogP) is 5.09. The first-order valence-electron chi connectivity index (χ1n) is 11.4. The Labute approximate surface area is 209 Å². The average molecular weight is 511 g/mol. The number of anilines is 1. The summed E-state index contributed by atoms with van der Waals surface area (Å²) < 4.78 is 37.3. The van der Waals surface area contributed by atoms with Crippen LogP contribution in [-0.4, -0.2) is 43.0 Å². The lowest BCUT2D eigenvalue weighted by Crippen LogP contribution is -2.55. The van der Waals surface area contributed by atoms with Gasteiger partial charge in [0.2, 0.25) is 0 Å². The minimum absolute atomic E-state index is 0.0414. The zero-order valence-corrected chi connectivity index (χ0v) is 20.8. The summed E-state index contributed by atoms with van der Waals surface area (Å²) in [5.74, 6) is -0.391. The van der Waals surface area contributed by atoms with E-state index in [0.717, 1.165) is 32.8 Å². The van der Waals surface area contributed by atoms with E-state index in [1.54, 1.807) is 0 Å². The van der Waals surface area contributed by atoms with Gasteiger partial charge < -0.3 is 9.64 Å². The zero-order valence-electron chi connectivity index (χ0n) is 19.2. The summed E-state index contributed by atoms with van der Waals surface area (Å²) in [7, 11) is -4.07. The Morgan fingerprint density at radius 1 is 1.03 bits per heavy atom. The Hall–Kier alpha value is -3.01. The predicted molar refractivity (Wildman–Crippen MR) is 137 cm³/mol. The molecule has 7 nitrogen and oxygen atoms in total. The number of benzene rings is 3. The number of carbonyl (C=O) groups is 1. The zero-order chi connectivity index (χ0) is 24.6. The number of fused-ring (bicyclic) bond motifs is 4. The third-order valence-corrected chi connectivity index (χ3v) is 8.53. The van der Waals surface area contributed by atoms with E-state index in [2.05, 4.69) is 29.6 Å². The number of ether oxygens (including phenoxy) is 1. The highest BCUT2D eigenvalue weighted by Gasteiger charge is 2.42. The van der Waals surface area contributed by atoms with Crippen LogP contribution in [0.4, 0.5) is 10.5 Å². The van der Waals surface area contributed by atoms with Gasteiger partial charge in [0, 0.05) is 17.4 Å². The number of nitrogens with zero attached hydrogens (tertiary/aromatic N) is 1. The Morgan fingerprint density at radius 2 is 1.63 bits per heavy atom. The van der Waals surface area contributed by atoms with E-state index in [4.69, 9.17) is 9.29 Å². The molecule has 0 radical (unpaired) electrons. The van der Waals surface area contributed by atoms with Crippen molar-refractivity contribution in [1.82, 2.24) is 5.32 Å². The summed E-state index contributed by atoms with van der Waals surface area (Å²) in [6, 6.07) is 24.0. The maximum Gasteiger partial charge on any atom is 0.409 e. The standard InChI is InChI=1S/C26H26N2O5S2/c1-26(28(15-8-16-35(30,31)32)23-13-6-7-14-24(23)34-26)27-25(29)33-17-22-20-11-4-2-9-18(20)19-10-3-5-12-21(19)22/h2-7,9-14,22H,8,15-17H2,1H3,(H,27,29)(H,30,31,32). The van der Waals surface area contributed by atoms with Crippen LogP contribution >= 0.6 is 11.8 Å². The second kappa shape index (κ2) is 9.22. The van der Waals surface area contributed by atoms with Crippen molar-refractivity contribution in [2.45, 2.75) is 29.2 Å². The van der Waals surface area contributed by atoms with Crippen molar-refractivity contribution >= 4 is 33.7 Å². The van der Waals surface area contributed by atoms with Crippen LogP contribution in [0.2, 0.25) is 0 Å². The van der Waals surface area contributed by atoms with Crippen molar-refractivity contribution in [3.63, 3.8) is 0 Å². The first-order valence-corrected chi connectivity index (χ1v) is 13.8. The molecule has 2 N–H and O–H groups in total. The minimum atomic E-state index is -4.07. The number of carbonyl (C=O) groups excluding carboxylic acids is 1. The molecule has 0 saturated carbocycles. The van der Waals surface area contributed by atoms with Crippen LogP contribution in [0.5, 0.6) is 0 Å². The van der Waals surface area contributed by atoms with E-state index in [1.165, 1.54) is 11.8 Å². The van der Waals surface area contributed by atoms with Crippen molar-refractivity contribution < 1.29 is 22.5 Å². The number of amides is 1. The Bertz CT molecular complexity index is 1330. The lowest BCUT2D eigenvalue weighted by atomic mass is 9.98. The molecule has 35 heavy (non-hydrogen) atoms. The quantitative estimate of drug-likeness (QED) is 0.428. The molecule has 9 heteroatoms. The van der Waals surface area contributed by atoms with E-state index < -0.39 is 21.2 Å². The minimum Gasteiger partial charge on any atom is -0.448 e. The lowest BCUT2D eigenvalue weighted by Gasteiger charge is -2.36. The maximum atomic E-state index is 13.0. The topological polar surface area (TPSA) is 95.9 Å². The molecule has 0 bridgehead atoms. The van der Waals surface area contributed by atoms with Gasteiger partial charge >= 0.3 is 6.09 Å². The summed E-state index contributed by atoms with van der Waals surface area (Å²) in [5, 5.41) is 2.99. The summed E-state index contributed by atoms with van der Waals surface area (Å²) in [6.45, 7) is 2.41. The third-order valence-electron chi connectivity index (χ3n) is 6.44. The molecule has 1 aliphatic heterocycles. The van der Waals surface area contributed by atoms with E-state index in [0.29, 0.717) is 6.54 Å². The van der Waals surface area contributed by atoms with Crippen LogP contribution in [0.15, 0.2) is 77.7 Å². The molecule has 1 amide bonds. The van der Waals surface area contributed by atoms with Crippen molar-refractivity contribution in [1.29, 1.82) is 0 Å². The number of hydrogen-bond donors (Lipinski definition) is 2. The SMILES string of the molecule is CC1(NC(=O)OCC2c3ccccc3-c3ccccc32)Sc2ccccc2N1CCCS(=O)(=O)O. The van der Waals surface area contributed by atoms with E-state index >= 15 is 0 Å². The summed E-state index contributed by atoms with van der Waals surface area (Å²) >= 11 is 1.47. The van der Waals surface area contributed by atoms with Gasteiger partial charge in [-0.3, -0.25) is 9.87 Å². The number of para-hydroxylation sites is 1. The van der Waals surface area contributed by atoms with Crippen LogP contribution in [-0.2, 0) is 14.9 Å². The molecule has 1 heterocycles. The molecule has 1 aliphatic carbocycles. The lowest BCUT2D eigenvalue weighted by molar-refractivity contribution is 0.138. The summed E-state index contributed by atoms with van der Waals surface area (Å²) in [5.41, 5.74) is 5.51. The normalized spacial score (nSPS) is 18.6. The fourth-order valence-electron chi connectivity index (χ4n) is 4.92. The number of rotatable bonds is 7. The number of alkyl carbamates (subject to hydrolysis) is 1. The highest BCUT2D eigenvalue weighted by Crippen LogP contribution is 2.49. The van der Waals surface area contributed by atoms with Gasteiger partial charge in [-0.1, -0.05) is 72.4 Å². The molecule has 0 fully saturated rings. The van der Waals surface area contributed by atoms with Gasteiger partial charge in [0.25, 0.3) is 10.1 Å². The summed E-state index contributed by atoms with van der Waals surface area (Å²) in [4.78, 5) is 15.1. The van der Waals surface area contributed by atoms with Crippen LogP contribution in [0.1, 0.15) is 30.4 Å². The fourth-order valence-corrected chi connectivity index (χ4v) is 6.71. The molecular formula is C26H26N2O5S2. The monoisotopic (exact) mass is 510 g/mol. The van der Waals surface area contributed by atoms with Crippen molar-refractivity contribution in [3.05, 3.63) is 83.9 Å². The molecule has 2 aliphatic rings. The highest BCUT2D eigenvalue weighted by molar-refractivity contribution is 8.01. The highest BCUT2D eigenvalue weighted by atomic mass is 32.2. The van der Waals surface area contributed by atoms with E-state index in [-0.39, 0.29) is 24.7 Å². The molecule has 5 rings (SSSR count). The van der Waals surface area contributed by atoms with Gasteiger partial charge in [0.15, 0.2) is 4.99 Å². The molecule has 3 aromatic rings. The van der Waals surface area contributed by atoms with Gasteiger partial charge in [-0.25, -0.2) is 4.79 Å². The molecule has 0 aromatic heterocycles. The van der Waals surface area contributed by atoms with E-state index in [1.807, 2.05) is 60.4 Å². The Kier molecular flexibility index (Phi) is 6.25. The average Bonchev–Trinajstić information content (AvgIpc) is 3.28. The van der Waals surface area contributed by atoms with Crippen LogP contribution in [0.25, 0.3) is 11.1 Å². The van der Waals surface area contributed by atoms with Gasteiger partial charge in [-0.15, -0.1) is 0 Å². The molecule has 0 spiro atoms. The van der Waals surface area contributed by atoms with Crippen LogP contribution < -0.4 is 10.2 Å². The number of hydrogen-bond acceptors (Lipinski definition) is 6. The molecule has 3 aromatic carbocycles. The first-order chi connectivity index (χ1) is 16.8. The molecular weight excluding hydrogens is 484 g/mol. The van der Waals surface area contributed by atoms with Crippen LogP contribution in [0.3, 0.4) is 0 Å². The second-order valence-corrected chi connectivity index (χ2v) is 11.8. The largest absolute Gasteiger partial charge is 0.448 e. The maximum absolute atomic E-state index is 13.0. The molecule has 0 saturated heterocycles. The number of thioether (sulfide) groups is 1. The molecule has 1 unspecified atom stereocenters. The second-order valence-electron chi connectivity index (χ2n) is 8.79. The van der Waals surface area contributed by atoms with Crippen molar-refractivity contribution in [2.24, 2.45) is 0 Å². The van der Waals surface area contributed by atoms with Crippen molar-refractivity contribution in [3.8, 4) is 11.1 Å². The van der Waals surface area contributed by atoms with Crippen LogP contribution in [0, 0.1) is 0 Å². The van der Waals surface area contributed by atoms with Gasteiger partial charge in [0.05, 0.1) is 11.4 Å². The Balaban J connectivity index is 1.30. The van der Waals surface area contributed by atoms with Gasteiger partial charge in [-0.05, 0) is 47.7 Å². The Morgan fingerprint density at radius 3 is 2.29 bits per heavy atom. The van der Waals surface area contributed by atoms with E-state index in [9.17, 15) is 13.2 Å². The molecule has 1 atom stereocenters. The fraction of sp³-hybridized carbons (Fsp3) is 0.269. The third kappa shape index (κ3) is 4.76. The van der Waals surface area contributed by atoms with Gasteiger partial charge in [0.1, 0.15) is 6.61 Å². The van der Waals surface area contributed by atoms with Crippen molar-refractivity contribution in [2.75, 3.05) is 23.8 Å². The first kappa shape index (κ1) is 23.7. The summed E-state index contributed by atoms with van der Waals surface area (Å²) in [6.07, 6.45) is -0.329.